The fourth-order valence-corrected chi connectivity index (χ4v) is 1.42. The van der Waals surface area contributed by atoms with Crippen molar-refractivity contribution in [3.8, 4) is 12.3 Å². The highest BCUT2D eigenvalue weighted by Gasteiger charge is 2.18. The summed E-state index contributed by atoms with van der Waals surface area (Å²) in [6, 6.07) is 0. The highest BCUT2D eigenvalue weighted by molar-refractivity contribution is 5.02. The van der Waals surface area contributed by atoms with E-state index in [2.05, 4.69) is 5.92 Å². The molecule has 0 aromatic rings. The molecule has 0 spiro atoms. The highest BCUT2D eigenvalue weighted by atomic mass is 16.3. The van der Waals surface area contributed by atoms with Gasteiger partial charge in [0.1, 0.15) is 0 Å². The molecule has 0 aromatic heterocycles. The van der Waals surface area contributed by atoms with Gasteiger partial charge in [-0.15, -0.1) is 12.3 Å². The minimum atomic E-state index is -0.437. The summed E-state index contributed by atoms with van der Waals surface area (Å²) in [5, 5.41) is 18.7. The van der Waals surface area contributed by atoms with Gasteiger partial charge in [0.15, 0.2) is 0 Å². The fraction of sp³-hybridized carbons (Fsp3) is 0.667. The summed E-state index contributed by atoms with van der Waals surface area (Å²) in [7, 11) is 0. The molecular formula is C12H20O2. The van der Waals surface area contributed by atoms with Crippen LogP contribution in [-0.4, -0.2) is 22.9 Å². The van der Waals surface area contributed by atoms with Crippen LogP contribution in [0, 0.1) is 24.2 Å². The smallest absolute Gasteiger partial charge is 0.0639 e. The van der Waals surface area contributed by atoms with Gasteiger partial charge in [-0.1, -0.05) is 25.5 Å². The van der Waals surface area contributed by atoms with Crippen LogP contribution in [-0.2, 0) is 0 Å². The van der Waals surface area contributed by atoms with E-state index in [0.717, 1.165) is 5.57 Å². The Balaban J connectivity index is 4.25. The lowest BCUT2D eigenvalue weighted by atomic mass is 9.90. The van der Waals surface area contributed by atoms with Crippen molar-refractivity contribution in [1.82, 2.24) is 0 Å². The number of hydrogen-bond donors (Lipinski definition) is 2. The summed E-state index contributed by atoms with van der Waals surface area (Å²) < 4.78 is 0. The van der Waals surface area contributed by atoms with Crippen LogP contribution in [0.4, 0.5) is 0 Å². The van der Waals surface area contributed by atoms with E-state index in [4.69, 9.17) is 11.5 Å². The lowest BCUT2D eigenvalue weighted by molar-refractivity contribution is 0.0847. The molecule has 0 unspecified atom stereocenters. The van der Waals surface area contributed by atoms with Crippen molar-refractivity contribution < 1.29 is 10.2 Å². The zero-order valence-corrected chi connectivity index (χ0v) is 9.20. The van der Waals surface area contributed by atoms with Gasteiger partial charge in [-0.3, -0.25) is 0 Å². The van der Waals surface area contributed by atoms with Crippen molar-refractivity contribution in [2.75, 3.05) is 6.61 Å². The molecule has 0 saturated carbocycles. The van der Waals surface area contributed by atoms with Crippen LogP contribution < -0.4 is 0 Å². The van der Waals surface area contributed by atoms with Crippen molar-refractivity contribution in [2.45, 2.75) is 33.3 Å². The SMILES string of the molecule is C#CC[C@H](C)[C@H](O)[C@H](C)/C=C(\C)CO. The molecule has 14 heavy (non-hydrogen) atoms. The van der Waals surface area contributed by atoms with Gasteiger partial charge in [-0.05, 0) is 12.8 Å². The normalized spacial score (nSPS) is 18.4. The van der Waals surface area contributed by atoms with E-state index in [1.54, 1.807) is 0 Å². The monoisotopic (exact) mass is 196 g/mol. The highest BCUT2D eigenvalue weighted by Crippen LogP contribution is 2.18. The maximum Gasteiger partial charge on any atom is 0.0639 e. The Morgan fingerprint density at radius 2 is 2.07 bits per heavy atom. The summed E-state index contributed by atoms with van der Waals surface area (Å²) in [6.45, 7) is 5.75. The fourth-order valence-electron chi connectivity index (χ4n) is 1.42. The van der Waals surface area contributed by atoms with Crippen LogP contribution in [0.25, 0.3) is 0 Å². The van der Waals surface area contributed by atoms with E-state index in [-0.39, 0.29) is 18.4 Å². The molecule has 0 radical (unpaired) electrons. The molecule has 80 valence electrons. The molecule has 0 aromatic carbocycles. The molecule has 0 aliphatic carbocycles. The number of hydrogen-bond acceptors (Lipinski definition) is 2. The average molecular weight is 196 g/mol. The van der Waals surface area contributed by atoms with Crippen molar-refractivity contribution >= 4 is 0 Å². The summed E-state index contributed by atoms with van der Waals surface area (Å²) in [5.41, 5.74) is 0.879. The van der Waals surface area contributed by atoms with E-state index in [1.807, 2.05) is 26.8 Å². The minimum Gasteiger partial charge on any atom is -0.392 e. The van der Waals surface area contributed by atoms with Crippen LogP contribution in [0.15, 0.2) is 11.6 Å². The second-order valence-corrected chi connectivity index (χ2v) is 3.91. The second kappa shape index (κ2) is 6.64. The van der Waals surface area contributed by atoms with Crippen molar-refractivity contribution in [3.05, 3.63) is 11.6 Å². The number of terminal acetylenes is 1. The Bertz CT molecular complexity index is 225. The van der Waals surface area contributed by atoms with Gasteiger partial charge in [-0.2, -0.15) is 0 Å². The van der Waals surface area contributed by atoms with Gasteiger partial charge >= 0.3 is 0 Å². The largest absolute Gasteiger partial charge is 0.392 e. The van der Waals surface area contributed by atoms with Crippen LogP contribution in [0.5, 0.6) is 0 Å². The topological polar surface area (TPSA) is 40.5 Å². The molecule has 0 heterocycles. The van der Waals surface area contributed by atoms with Gasteiger partial charge < -0.3 is 10.2 Å². The third-order valence-electron chi connectivity index (χ3n) is 2.36. The molecular weight excluding hydrogens is 176 g/mol. The first-order chi connectivity index (χ1) is 6.52. The van der Waals surface area contributed by atoms with Gasteiger partial charge in [0.25, 0.3) is 0 Å². The third-order valence-corrected chi connectivity index (χ3v) is 2.36. The van der Waals surface area contributed by atoms with E-state index in [1.165, 1.54) is 0 Å². The van der Waals surface area contributed by atoms with Crippen molar-refractivity contribution in [1.29, 1.82) is 0 Å². The molecule has 2 heteroatoms. The summed E-state index contributed by atoms with van der Waals surface area (Å²) in [6.07, 6.45) is 7.21. The Kier molecular flexibility index (Phi) is 6.27. The predicted octanol–water partition coefficient (Wildman–Crippen LogP) is 1.58. The lowest BCUT2D eigenvalue weighted by Gasteiger charge is -2.21. The number of aliphatic hydroxyl groups is 2. The molecule has 0 aliphatic heterocycles. The quantitative estimate of drug-likeness (QED) is 0.518. The lowest BCUT2D eigenvalue weighted by Crippen LogP contribution is -2.24. The maximum absolute atomic E-state index is 9.84. The van der Waals surface area contributed by atoms with Gasteiger partial charge in [0.05, 0.1) is 12.7 Å². The summed E-state index contributed by atoms with van der Waals surface area (Å²) in [5.74, 6) is 2.67. The van der Waals surface area contributed by atoms with E-state index >= 15 is 0 Å². The molecule has 2 N–H and O–H groups in total. The van der Waals surface area contributed by atoms with Gasteiger partial charge in [0.2, 0.25) is 0 Å². The van der Waals surface area contributed by atoms with Crippen molar-refractivity contribution in [3.63, 3.8) is 0 Å². The standard InChI is InChI=1S/C12H20O2/c1-5-6-10(3)12(14)11(4)7-9(2)8-13/h1,7,10-14H,6,8H2,2-4H3/b9-7+/t10-,11+,12-/m0/s1. The van der Waals surface area contributed by atoms with E-state index in [9.17, 15) is 5.11 Å². The maximum atomic E-state index is 9.84. The van der Waals surface area contributed by atoms with Crippen LogP contribution in [0.2, 0.25) is 0 Å². The minimum absolute atomic E-state index is 0.0329. The number of rotatable bonds is 5. The number of aliphatic hydroxyl groups excluding tert-OH is 2. The van der Waals surface area contributed by atoms with Crippen molar-refractivity contribution in [2.24, 2.45) is 11.8 Å². The molecule has 3 atom stereocenters. The molecule has 0 amide bonds. The third kappa shape index (κ3) is 4.45. The van der Waals surface area contributed by atoms with Crippen LogP contribution >= 0.6 is 0 Å². The first kappa shape index (κ1) is 13.2. The molecule has 0 rings (SSSR count). The molecule has 2 nitrogen and oxygen atoms in total. The van der Waals surface area contributed by atoms with E-state index in [0.29, 0.717) is 6.42 Å². The Morgan fingerprint density at radius 3 is 2.50 bits per heavy atom. The first-order valence-corrected chi connectivity index (χ1v) is 4.92. The summed E-state index contributed by atoms with van der Waals surface area (Å²) in [4.78, 5) is 0. The van der Waals surface area contributed by atoms with Crippen LogP contribution in [0.1, 0.15) is 27.2 Å². The molecule has 0 bridgehead atoms. The zero-order valence-electron chi connectivity index (χ0n) is 9.20. The molecule has 0 aliphatic rings. The molecule has 0 fully saturated rings. The average Bonchev–Trinajstić information content (AvgIpc) is 2.16. The van der Waals surface area contributed by atoms with Gasteiger partial charge in [0, 0.05) is 12.3 Å². The predicted molar refractivity (Wildman–Crippen MR) is 58.6 cm³/mol. The Morgan fingerprint density at radius 1 is 1.50 bits per heavy atom. The van der Waals surface area contributed by atoms with Gasteiger partial charge in [-0.25, -0.2) is 0 Å². The second-order valence-electron chi connectivity index (χ2n) is 3.91. The molecule has 0 saturated heterocycles. The Hall–Kier alpha value is -0.780. The summed E-state index contributed by atoms with van der Waals surface area (Å²) >= 11 is 0. The van der Waals surface area contributed by atoms with E-state index < -0.39 is 6.10 Å². The van der Waals surface area contributed by atoms with Crippen LogP contribution in [0.3, 0.4) is 0 Å². The first-order valence-electron chi connectivity index (χ1n) is 4.92. The zero-order chi connectivity index (χ0) is 11.1. The Labute approximate surface area is 86.7 Å².